The third-order valence-corrected chi connectivity index (χ3v) is 4.79. The molecule has 0 spiro atoms. The van der Waals surface area contributed by atoms with Gasteiger partial charge in [-0.25, -0.2) is 0 Å². The van der Waals surface area contributed by atoms with E-state index in [1.54, 1.807) is 0 Å². The van der Waals surface area contributed by atoms with E-state index in [4.69, 9.17) is 4.74 Å². The molecule has 1 aliphatic carbocycles. The van der Waals surface area contributed by atoms with Crippen molar-refractivity contribution >= 4 is 5.91 Å². The summed E-state index contributed by atoms with van der Waals surface area (Å²) < 4.78 is 5.70. The van der Waals surface area contributed by atoms with Crippen molar-refractivity contribution in [2.45, 2.75) is 77.0 Å². The predicted octanol–water partition coefficient (Wildman–Crippen LogP) is 2.25. The molecule has 2 fully saturated rings. The van der Waals surface area contributed by atoms with Gasteiger partial charge < -0.3 is 15.2 Å². The Morgan fingerprint density at radius 1 is 1.15 bits per heavy atom. The van der Waals surface area contributed by atoms with Crippen LogP contribution < -0.4 is 5.32 Å². The Morgan fingerprint density at radius 3 is 2.45 bits per heavy atom. The van der Waals surface area contributed by atoms with Crippen LogP contribution in [0, 0.1) is 11.8 Å². The van der Waals surface area contributed by atoms with Gasteiger partial charge in [0.2, 0.25) is 5.91 Å². The summed E-state index contributed by atoms with van der Waals surface area (Å²) in [6.45, 7) is 4.27. The van der Waals surface area contributed by atoms with Crippen LogP contribution in [-0.4, -0.2) is 35.9 Å². The van der Waals surface area contributed by atoms with E-state index >= 15 is 0 Å². The van der Waals surface area contributed by atoms with Crippen molar-refractivity contribution in [2.75, 3.05) is 6.61 Å². The average Bonchev–Trinajstić information content (AvgIpc) is 2.62. The van der Waals surface area contributed by atoms with Crippen LogP contribution in [0.15, 0.2) is 0 Å². The SMILES string of the molecule is CC1CC(C(=O)NC2CCCCCC2CO)CC(C)O1. The Balaban J connectivity index is 1.91. The molecule has 1 aliphatic heterocycles. The van der Waals surface area contributed by atoms with Crippen LogP contribution in [0.1, 0.15) is 58.8 Å². The Bertz CT molecular complexity index is 311. The molecule has 2 rings (SSSR count). The van der Waals surface area contributed by atoms with Crippen LogP contribution in [0.4, 0.5) is 0 Å². The highest BCUT2D eigenvalue weighted by Gasteiger charge is 2.32. The Morgan fingerprint density at radius 2 is 1.80 bits per heavy atom. The summed E-state index contributed by atoms with van der Waals surface area (Å²) in [6.07, 6.45) is 7.53. The zero-order valence-electron chi connectivity index (χ0n) is 12.8. The molecule has 0 aromatic heterocycles. The molecule has 1 heterocycles. The first kappa shape index (κ1) is 15.8. The molecular weight excluding hydrogens is 254 g/mol. The molecule has 4 nitrogen and oxygen atoms in total. The summed E-state index contributed by atoms with van der Waals surface area (Å²) >= 11 is 0. The van der Waals surface area contributed by atoms with E-state index in [0.717, 1.165) is 32.1 Å². The summed E-state index contributed by atoms with van der Waals surface area (Å²) in [5, 5.41) is 12.7. The summed E-state index contributed by atoms with van der Waals surface area (Å²) in [7, 11) is 0. The zero-order valence-corrected chi connectivity index (χ0v) is 12.8. The fourth-order valence-corrected chi connectivity index (χ4v) is 3.71. The topological polar surface area (TPSA) is 58.6 Å². The number of carbonyl (C=O) groups is 1. The highest BCUT2D eigenvalue weighted by atomic mass is 16.5. The van der Waals surface area contributed by atoms with E-state index in [1.807, 2.05) is 13.8 Å². The monoisotopic (exact) mass is 283 g/mol. The summed E-state index contributed by atoms with van der Waals surface area (Å²) in [4.78, 5) is 12.5. The second-order valence-electron chi connectivity index (χ2n) is 6.62. The third-order valence-electron chi connectivity index (χ3n) is 4.79. The van der Waals surface area contributed by atoms with Crippen molar-refractivity contribution in [1.82, 2.24) is 5.32 Å². The number of amides is 1. The fourth-order valence-electron chi connectivity index (χ4n) is 3.71. The van der Waals surface area contributed by atoms with Crippen LogP contribution in [0.2, 0.25) is 0 Å². The molecule has 4 heteroatoms. The number of aliphatic hydroxyl groups excluding tert-OH is 1. The molecule has 1 saturated heterocycles. The number of hydrogen-bond acceptors (Lipinski definition) is 3. The first-order valence-corrected chi connectivity index (χ1v) is 8.16. The Labute approximate surface area is 122 Å². The van der Waals surface area contributed by atoms with Gasteiger partial charge in [-0.3, -0.25) is 4.79 Å². The Kier molecular flexibility index (Phi) is 5.85. The van der Waals surface area contributed by atoms with Crippen molar-refractivity contribution in [3.8, 4) is 0 Å². The van der Waals surface area contributed by atoms with E-state index in [0.29, 0.717) is 0 Å². The van der Waals surface area contributed by atoms with E-state index in [2.05, 4.69) is 5.32 Å². The van der Waals surface area contributed by atoms with Crippen molar-refractivity contribution in [3.05, 3.63) is 0 Å². The second-order valence-corrected chi connectivity index (χ2v) is 6.62. The van der Waals surface area contributed by atoms with E-state index in [-0.39, 0.29) is 42.6 Å². The van der Waals surface area contributed by atoms with Gasteiger partial charge in [0.05, 0.1) is 12.2 Å². The summed E-state index contributed by atoms with van der Waals surface area (Å²) in [5.74, 6) is 0.463. The predicted molar refractivity (Wildman–Crippen MR) is 78.3 cm³/mol. The van der Waals surface area contributed by atoms with Gasteiger partial charge in [0, 0.05) is 24.5 Å². The number of aliphatic hydroxyl groups is 1. The minimum Gasteiger partial charge on any atom is -0.396 e. The highest BCUT2D eigenvalue weighted by Crippen LogP contribution is 2.27. The highest BCUT2D eigenvalue weighted by molar-refractivity contribution is 5.79. The summed E-state index contributed by atoms with van der Waals surface area (Å²) in [5.41, 5.74) is 0. The maximum Gasteiger partial charge on any atom is 0.223 e. The van der Waals surface area contributed by atoms with Crippen LogP contribution in [0.5, 0.6) is 0 Å². The van der Waals surface area contributed by atoms with Crippen molar-refractivity contribution in [2.24, 2.45) is 11.8 Å². The lowest BCUT2D eigenvalue weighted by atomic mass is 9.90. The van der Waals surface area contributed by atoms with Crippen LogP contribution in [0.3, 0.4) is 0 Å². The number of rotatable bonds is 3. The number of carbonyl (C=O) groups excluding carboxylic acids is 1. The molecule has 1 amide bonds. The van der Waals surface area contributed by atoms with Gasteiger partial charge >= 0.3 is 0 Å². The zero-order chi connectivity index (χ0) is 14.5. The molecule has 0 aromatic carbocycles. The normalized spacial score (nSPS) is 39.0. The van der Waals surface area contributed by atoms with Crippen LogP contribution >= 0.6 is 0 Å². The van der Waals surface area contributed by atoms with E-state index in [9.17, 15) is 9.90 Å². The molecule has 2 N–H and O–H groups in total. The molecule has 4 atom stereocenters. The average molecular weight is 283 g/mol. The van der Waals surface area contributed by atoms with Crippen molar-refractivity contribution in [1.29, 1.82) is 0 Å². The first-order valence-electron chi connectivity index (χ1n) is 8.16. The minimum absolute atomic E-state index is 0.0661. The summed E-state index contributed by atoms with van der Waals surface area (Å²) in [6, 6.07) is 0.156. The smallest absolute Gasteiger partial charge is 0.223 e. The lowest BCUT2D eigenvalue weighted by molar-refractivity contribution is -0.134. The lowest BCUT2D eigenvalue weighted by Crippen LogP contribution is -2.46. The molecule has 4 unspecified atom stereocenters. The fraction of sp³-hybridized carbons (Fsp3) is 0.938. The van der Waals surface area contributed by atoms with E-state index < -0.39 is 0 Å². The molecule has 0 bridgehead atoms. The molecule has 2 aliphatic rings. The number of ether oxygens (including phenoxy) is 1. The third kappa shape index (κ3) is 4.19. The number of hydrogen-bond donors (Lipinski definition) is 2. The van der Waals surface area contributed by atoms with Gasteiger partial charge in [0.1, 0.15) is 0 Å². The van der Waals surface area contributed by atoms with Gasteiger partial charge in [-0.15, -0.1) is 0 Å². The molecular formula is C16H29NO3. The maximum absolute atomic E-state index is 12.5. The van der Waals surface area contributed by atoms with Crippen LogP contribution in [0.25, 0.3) is 0 Å². The molecule has 20 heavy (non-hydrogen) atoms. The van der Waals surface area contributed by atoms with Gasteiger partial charge in [0.15, 0.2) is 0 Å². The first-order chi connectivity index (χ1) is 9.60. The minimum atomic E-state index is 0.0661. The molecule has 1 saturated carbocycles. The van der Waals surface area contributed by atoms with Gasteiger partial charge in [0.25, 0.3) is 0 Å². The molecule has 0 aromatic rings. The van der Waals surface area contributed by atoms with Gasteiger partial charge in [-0.05, 0) is 39.5 Å². The van der Waals surface area contributed by atoms with Gasteiger partial charge in [-0.2, -0.15) is 0 Å². The standard InChI is InChI=1S/C16H29NO3/c1-11-8-14(9-12(2)20-11)16(19)17-15-7-5-3-4-6-13(15)10-18/h11-15,18H,3-10H2,1-2H3,(H,17,19). The van der Waals surface area contributed by atoms with Crippen LogP contribution in [-0.2, 0) is 9.53 Å². The second kappa shape index (κ2) is 7.41. The van der Waals surface area contributed by atoms with Crippen molar-refractivity contribution in [3.63, 3.8) is 0 Å². The largest absolute Gasteiger partial charge is 0.396 e. The molecule has 0 radical (unpaired) electrons. The molecule has 116 valence electrons. The van der Waals surface area contributed by atoms with Crippen molar-refractivity contribution < 1.29 is 14.6 Å². The lowest BCUT2D eigenvalue weighted by Gasteiger charge is -2.33. The van der Waals surface area contributed by atoms with Gasteiger partial charge in [-0.1, -0.05) is 19.3 Å². The maximum atomic E-state index is 12.5. The number of nitrogens with one attached hydrogen (secondary N) is 1. The quantitative estimate of drug-likeness (QED) is 0.781. The van der Waals surface area contributed by atoms with E-state index in [1.165, 1.54) is 12.8 Å². The Hall–Kier alpha value is -0.610.